The average molecular weight is 266 g/mol. The summed E-state index contributed by atoms with van der Waals surface area (Å²) in [5.74, 6) is 1.39. The molecule has 0 aliphatic heterocycles. The molecular formula is C17H34N2. The van der Waals surface area contributed by atoms with Gasteiger partial charge in [0.15, 0.2) is 0 Å². The van der Waals surface area contributed by atoms with Gasteiger partial charge in [-0.3, -0.25) is 0 Å². The molecule has 0 saturated heterocycles. The van der Waals surface area contributed by atoms with Gasteiger partial charge in [-0.25, -0.2) is 0 Å². The summed E-state index contributed by atoms with van der Waals surface area (Å²) in [5, 5.41) is 3.81. The molecule has 0 heterocycles. The fourth-order valence-electron chi connectivity index (χ4n) is 3.48. The number of rotatable bonds is 9. The van der Waals surface area contributed by atoms with Crippen LogP contribution >= 0.6 is 0 Å². The molecule has 0 unspecified atom stereocenters. The van der Waals surface area contributed by atoms with E-state index < -0.39 is 0 Å². The molecule has 19 heavy (non-hydrogen) atoms. The molecule has 0 atom stereocenters. The summed E-state index contributed by atoms with van der Waals surface area (Å²) < 4.78 is 0. The molecule has 3 N–H and O–H groups in total. The van der Waals surface area contributed by atoms with E-state index in [2.05, 4.69) is 39.1 Å². The topological polar surface area (TPSA) is 38.0 Å². The Morgan fingerprint density at radius 1 is 1.21 bits per heavy atom. The normalized spacial score (nSPS) is 16.5. The zero-order chi connectivity index (χ0) is 14.3. The molecule has 1 rings (SSSR count). The summed E-state index contributed by atoms with van der Waals surface area (Å²) in [7, 11) is 0. The Labute approximate surface area is 120 Å². The molecule has 1 aliphatic rings. The van der Waals surface area contributed by atoms with Crippen LogP contribution in [0.5, 0.6) is 0 Å². The van der Waals surface area contributed by atoms with Gasteiger partial charge in [0.05, 0.1) is 0 Å². The van der Waals surface area contributed by atoms with Gasteiger partial charge < -0.3 is 11.1 Å². The molecule has 0 aromatic rings. The molecule has 2 heteroatoms. The number of allylic oxidation sites excluding steroid dienone is 1. The van der Waals surface area contributed by atoms with Crippen LogP contribution in [0.3, 0.4) is 0 Å². The van der Waals surface area contributed by atoms with Gasteiger partial charge in [-0.05, 0) is 56.9 Å². The SMILES string of the molecule is CC(C)CC(CN)(CC(C)C)NCCC1=CCCC1. The highest BCUT2D eigenvalue weighted by atomic mass is 15.0. The van der Waals surface area contributed by atoms with Gasteiger partial charge in [0.25, 0.3) is 0 Å². The van der Waals surface area contributed by atoms with Crippen molar-refractivity contribution in [1.82, 2.24) is 5.32 Å². The zero-order valence-electron chi connectivity index (χ0n) is 13.5. The molecule has 2 nitrogen and oxygen atoms in total. The Bertz CT molecular complexity index is 269. The van der Waals surface area contributed by atoms with Crippen LogP contribution in [0.15, 0.2) is 11.6 Å². The zero-order valence-corrected chi connectivity index (χ0v) is 13.5. The largest absolute Gasteiger partial charge is 0.329 e. The quantitative estimate of drug-likeness (QED) is 0.622. The highest BCUT2D eigenvalue weighted by Gasteiger charge is 2.29. The maximum absolute atomic E-state index is 6.12. The Morgan fingerprint density at radius 2 is 1.84 bits per heavy atom. The number of nitrogens with one attached hydrogen (secondary N) is 1. The van der Waals surface area contributed by atoms with Crippen molar-refractivity contribution in [2.75, 3.05) is 13.1 Å². The summed E-state index contributed by atoms with van der Waals surface area (Å²) >= 11 is 0. The van der Waals surface area contributed by atoms with E-state index in [1.807, 2.05) is 0 Å². The lowest BCUT2D eigenvalue weighted by molar-refractivity contribution is 0.231. The molecule has 0 bridgehead atoms. The van der Waals surface area contributed by atoms with E-state index in [-0.39, 0.29) is 5.54 Å². The monoisotopic (exact) mass is 266 g/mol. The summed E-state index contributed by atoms with van der Waals surface area (Å²) in [5.41, 5.74) is 7.91. The second-order valence-electron chi connectivity index (χ2n) is 7.11. The first-order valence-electron chi connectivity index (χ1n) is 8.10. The molecule has 0 aromatic heterocycles. The maximum atomic E-state index is 6.12. The van der Waals surface area contributed by atoms with Crippen LogP contribution in [0, 0.1) is 11.8 Å². The second-order valence-corrected chi connectivity index (χ2v) is 7.11. The Morgan fingerprint density at radius 3 is 2.26 bits per heavy atom. The highest BCUT2D eigenvalue weighted by molar-refractivity contribution is 5.08. The predicted molar refractivity (Wildman–Crippen MR) is 85.2 cm³/mol. The Hall–Kier alpha value is -0.340. The van der Waals surface area contributed by atoms with Gasteiger partial charge in [-0.1, -0.05) is 39.3 Å². The summed E-state index contributed by atoms with van der Waals surface area (Å²) in [6, 6.07) is 0. The van der Waals surface area contributed by atoms with E-state index in [0.29, 0.717) is 11.8 Å². The fraction of sp³-hybridized carbons (Fsp3) is 0.882. The average Bonchev–Trinajstić information content (AvgIpc) is 2.80. The molecule has 0 saturated carbocycles. The van der Waals surface area contributed by atoms with E-state index in [0.717, 1.165) is 13.1 Å². The van der Waals surface area contributed by atoms with E-state index in [4.69, 9.17) is 5.73 Å². The van der Waals surface area contributed by atoms with Crippen LogP contribution < -0.4 is 11.1 Å². The molecule has 1 aliphatic carbocycles. The minimum atomic E-state index is 0.140. The van der Waals surface area contributed by atoms with Crippen molar-refractivity contribution >= 4 is 0 Å². The van der Waals surface area contributed by atoms with Crippen molar-refractivity contribution in [3.63, 3.8) is 0 Å². The minimum absolute atomic E-state index is 0.140. The van der Waals surface area contributed by atoms with Crippen LogP contribution in [0.4, 0.5) is 0 Å². The lowest BCUT2D eigenvalue weighted by Gasteiger charge is -2.37. The minimum Gasteiger partial charge on any atom is -0.329 e. The van der Waals surface area contributed by atoms with Gasteiger partial charge in [-0.15, -0.1) is 0 Å². The molecule has 0 aromatic carbocycles. The predicted octanol–water partition coefficient (Wildman–Crippen LogP) is 3.87. The molecule has 112 valence electrons. The fourth-order valence-corrected chi connectivity index (χ4v) is 3.48. The first-order chi connectivity index (χ1) is 8.97. The van der Waals surface area contributed by atoms with Gasteiger partial charge in [0.1, 0.15) is 0 Å². The van der Waals surface area contributed by atoms with Crippen molar-refractivity contribution in [1.29, 1.82) is 0 Å². The first kappa shape index (κ1) is 16.7. The molecule has 0 spiro atoms. The molecule has 0 fully saturated rings. The van der Waals surface area contributed by atoms with E-state index >= 15 is 0 Å². The first-order valence-corrected chi connectivity index (χ1v) is 8.10. The summed E-state index contributed by atoms with van der Waals surface area (Å²) in [4.78, 5) is 0. The third-order valence-electron chi connectivity index (χ3n) is 4.07. The van der Waals surface area contributed by atoms with Crippen molar-refractivity contribution in [2.45, 2.75) is 71.8 Å². The van der Waals surface area contributed by atoms with Crippen molar-refractivity contribution in [3.05, 3.63) is 11.6 Å². The van der Waals surface area contributed by atoms with Gasteiger partial charge in [0, 0.05) is 12.1 Å². The van der Waals surface area contributed by atoms with Gasteiger partial charge in [0.2, 0.25) is 0 Å². The van der Waals surface area contributed by atoms with Crippen molar-refractivity contribution in [2.24, 2.45) is 17.6 Å². The third-order valence-corrected chi connectivity index (χ3v) is 4.07. The molecular weight excluding hydrogens is 232 g/mol. The Kier molecular flexibility index (Phi) is 7.09. The van der Waals surface area contributed by atoms with E-state index in [1.54, 1.807) is 5.57 Å². The van der Waals surface area contributed by atoms with Gasteiger partial charge in [-0.2, -0.15) is 0 Å². The highest BCUT2D eigenvalue weighted by Crippen LogP contribution is 2.25. The van der Waals surface area contributed by atoms with Crippen LogP contribution in [0.2, 0.25) is 0 Å². The van der Waals surface area contributed by atoms with E-state index in [1.165, 1.54) is 38.5 Å². The third kappa shape index (κ3) is 6.09. The van der Waals surface area contributed by atoms with E-state index in [9.17, 15) is 0 Å². The van der Waals surface area contributed by atoms with Crippen molar-refractivity contribution in [3.8, 4) is 0 Å². The van der Waals surface area contributed by atoms with Crippen LogP contribution in [0.25, 0.3) is 0 Å². The van der Waals surface area contributed by atoms with Crippen molar-refractivity contribution < 1.29 is 0 Å². The molecule has 0 radical (unpaired) electrons. The number of hydrogen-bond donors (Lipinski definition) is 2. The summed E-state index contributed by atoms with van der Waals surface area (Å²) in [6.07, 6.45) is 9.95. The number of nitrogens with two attached hydrogens (primary N) is 1. The molecule has 0 amide bonds. The standard InChI is InChI=1S/C17H34N2/c1-14(2)11-17(13-18,12-15(3)4)19-10-9-16-7-5-6-8-16/h7,14-15,19H,5-6,8-13,18H2,1-4H3. The lowest BCUT2D eigenvalue weighted by Crippen LogP contribution is -2.53. The smallest absolute Gasteiger partial charge is 0.0309 e. The van der Waals surface area contributed by atoms with Crippen LogP contribution in [-0.4, -0.2) is 18.6 Å². The maximum Gasteiger partial charge on any atom is 0.0309 e. The van der Waals surface area contributed by atoms with Crippen LogP contribution in [-0.2, 0) is 0 Å². The second kappa shape index (κ2) is 8.06. The van der Waals surface area contributed by atoms with Crippen LogP contribution in [0.1, 0.15) is 66.2 Å². The lowest BCUT2D eigenvalue weighted by atomic mass is 9.81. The summed E-state index contributed by atoms with van der Waals surface area (Å²) in [6.45, 7) is 11.0. The Balaban J connectivity index is 2.50. The van der Waals surface area contributed by atoms with Gasteiger partial charge >= 0.3 is 0 Å². The number of hydrogen-bond acceptors (Lipinski definition) is 2.